The highest BCUT2D eigenvalue weighted by molar-refractivity contribution is 9.08. The van der Waals surface area contributed by atoms with Gasteiger partial charge in [0.05, 0.1) is 11.3 Å². The van der Waals surface area contributed by atoms with Gasteiger partial charge in [-0.25, -0.2) is 0 Å². The van der Waals surface area contributed by atoms with Crippen LogP contribution in [-0.4, -0.2) is 12.6 Å². The summed E-state index contributed by atoms with van der Waals surface area (Å²) < 4.78 is 0. The first-order valence-corrected chi connectivity index (χ1v) is 7.78. The molecule has 0 N–H and O–H groups in total. The Morgan fingerprint density at radius 1 is 1.39 bits per heavy atom. The maximum absolute atomic E-state index is 9.33. The molecule has 0 amide bonds. The zero-order chi connectivity index (χ0) is 13.0. The van der Waals surface area contributed by atoms with Crippen LogP contribution in [0.2, 0.25) is 0 Å². The minimum absolute atomic E-state index is 0.622. The Bertz CT molecular complexity index is 444. The minimum Gasteiger partial charge on any atom is -0.368 e. The molecular formula is C15H19BrN2. The highest BCUT2D eigenvalue weighted by atomic mass is 79.9. The Balaban J connectivity index is 2.32. The summed E-state index contributed by atoms with van der Waals surface area (Å²) in [6.45, 7) is 3.16. The first-order chi connectivity index (χ1) is 8.80. The molecule has 0 aromatic heterocycles. The van der Waals surface area contributed by atoms with Gasteiger partial charge in [-0.15, -0.1) is 0 Å². The molecule has 0 spiro atoms. The van der Waals surface area contributed by atoms with Crippen LogP contribution in [0, 0.1) is 11.3 Å². The quantitative estimate of drug-likeness (QED) is 0.779. The Morgan fingerprint density at radius 3 is 2.67 bits per heavy atom. The molecule has 18 heavy (non-hydrogen) atoms. The fraction of sp³-hybridized carbons (Fsp3) is 0.533. The molecule has 3 heteroatoms. The topological polar surface area (TPSA) is 27.0 Å². The molecule has 1 aliphatic rings. The number of nitrogens with zero attached hydrogens (tertiary/aromatic N) is 2. The monoisotopic (exact) mass is 306 g/mol. The van der Waals surface area contributed by atoms with Crippen molar-refractivity contribution in [1.82, 2.24) is 0 Å². The number of alkyl halides is 1. The molecule has 0 bridgehead atoms. The molecule has 0 radical (unpaired) electrons. The molecule has 2 rings (SSSR count). The van der Waals surface area contributed by atoms with E-state index in [4.69, 9.17) is 0 Å². The number of hydrogen-bond donors (Lipinski definition) is 0. The van der Waals surface area contributed by atoms with Crippen molar-refractivity contribution in [3.8, 4) is 6.07 Å². The van der Waals surface area contributed by atoms with Gasteiger partial charge < -0.3 is 4.90 Å². The average molecular weight is 307 g/mol. The summed E-state index contributed by atoms with van der Waals surface area (Å²) in [6.07, 6.45) is 5.17. The normalized spacial score (nSPS) is 15.6. The van der Waals surface area contributed by atoms with E-state index in [-0.39, 0.29) is 0 Å². The number of rotatable bonds is 4. The van der Waals surface area contributed by atoms with Crippen LogP contribution in [0.4, 0.5) is 5.69 Å². The Morgan fingerprint density at radius 2 is 2.11 bits per heavy atom. The standard InChI is InChI=1S/C15H19BrN2/c1-2-18(14-5-3-4-6-14)15-8-7-12(10-16)9-13(15)11-17/h7-9,14H,2-6,10H2,1H3. The Labute approximate surface area is 118 Å². The van der Waals surface area contributed by atoms with E-state index in [1.54, 1.807) is 0 Å². The largest absolute Gasteiger partial charge is 0.368 e. The maximum atomic E-state index is 9.33. The van der Waals surface area contributed by atoms with Crippen molar-refractivity contribution in [2.75, 3.05) is 11.4 Å². The fourth-order valence-corrected chi connectivity index (χ4v) is 3.20. The highest BCUT2D eigenvalue weighted by Crippen LogP contribution is 2.30. The summed E-state index contributed by atoms with van der Waals surface area (Å²) in [5, 5.41) is 10.1. The van der Waals surface area contributed by atoms with Crippen LogP contribution < -0.4 is 4.90 Å². The summed E-state index contributed by atoms with van der Waals surface area (Å²) >= 11 is 3.44. The Hall–Kier alpha value is -1.01. The summed E-state index contributed by atoms with van der Waals surface area (Å²) in [5.74, 6) is 0. The third-order valence-electron chi connectivity index (χ3n) is 3.75. The fourth-order valence-electron chi connectivity index (χ4n) is 2.85. The molecule has 1 aliphatic carbocycles. The van der Waals surface area contributed by atoms with Crippen LogP contribution in [0.25, 0.3) is 0 Å². The number of hydrogen-bond acceptors (Lipinski definition) is 2. The third-order valence-corrected chi connectivity index (χ3v) is 4.40. The molecule has 96 valence electrons. The molecule has 1 aromatic rings. The molecule has 0 heterocycles. The zero-order valence-electron chi connectivity index (χ0n) is 10.8. The van der Waals surface area contributed by atoms with E-state index in [2.05, 4.69) is 46.0 Å². The van der Waals surface area contributed by atoms with Crippen molar-refractivity contribution in [1.29, 1.82) is 5.26 Å². The van der Waals surface area contributed by atoms with E-state index >= 15 is 0 Å². The molecule has 2 nitrogen and oxygen atoms in total. The average Bonchev–Trinajstić information content (AvgIpc) is 2.94. The van der Waals surface area contributed by atoms with Gasteiger partial charge in [0.25, 0.3) is 0 Å². The molecule has 0 aliphatic heterocycles. The maximum Gasteiger partial charge on any atom is 0.101 e. The van der Waals surface area contributed by atoms with Crippen molar-refractivity contribution >= 4 is 21.6 Å². The molecular weight excluding hydrogens is 288 g/mol. The molecule has 1 aromatic carbocycles. The van der Waals surface area contributed by atoms with Crippen LogP contribution in [0.1, 0.15) is 43.7 Å². The first kappa shape index (κ1) is 13.4. The molecule has 1 fully saturated rings. The van der Waals surface area contributed by atoms with E-state index in [0.29, 0.717) is 6.04 Å². The lowest BCUT2D eigenvalue weighted by molar-refractivity contribution is 0.619. The summed E-state index contributed by atoms with van der Waals surface area (Å²) in [4.78, 5) is 2.41. The van der Waals surface area contributed by atoms with Crippen molar-refractivity contribution in [3.63, 3.8) is 0 Å². The summed E-state index contributed by atoms with van der Waals surface area (Å²) in [5.41, 5.74) is 3.08. The summed E-state index contributed by atoms with van der Waals surface area (Å²) in [6, 6.07) is 9.19. The van der Waals surface area contributed by atoms with E-state index in [9.17, 15) is 5.26 Å². The number of halogens is 1. The van der Waals surface area contributed by atoms with E-state index in [1.807, 2.05) is 6.07 Å². The smallest absolute Gasteiger partial charge is 0.101 e. The van der Waals surface area contributed by atoms with Gasteiger partial charge in [0.2, 0.25) is 0 Å². The third kappa shape index (κ3) is 2.70. The van der Waals surface area contributed by atoms with Gasteiger partial charge in [-0.3, -0.25) is 0 Å². The van der Waals surface area contributed by atoms with Gasteiger partial charge in [-0.05, 0) is 37.5 Å². The first-order valence-electron chi connectivity index (χ1n) is 6.65. The molecule has 0 saturated heterocycles. The number of anilines is 1. The predicted octanol–water partition coefficient (Wildman–Crippen LogP) is 4.22. The van der Waals surface area contributed by atoms with Gasteiger partial charge in [0.1, 0.15) is 6.07 Å². The second-order valence-electron chi connectivity index (χ2n) is 4.82. The van der Waals surface area contributed by atoms with E-state index in [0.717, 1.165) is 28.7 Å². The van der Waals surface area contributed by atoms with Crippen LogP contribution in [0.5, 0.6) is 0 Å². The lowest BCUT2D eigenvalue weighted by Gasteiger charge is -2.30. The lowest BCUT2D eigenvalue weighted by atomic mass is 10.1. The van der Waals surface area contributed by atoms with Crippen LogP contribution >= 0.6 is 15.9 Å². The molecule has 0 atom stereocenters. The lowest BCUT2D eigenvalue weighted by Crippen LogP contribution is -2.33. The number of nitriles is 1. The van der Waals surface area contributed by atoms with Crippen molar-refractivity contribution in [2.24, 2.45) is 0 Å². The minimum atomic E-state index is 0.622. The van der Waals surface area contributed by atoms with Gasteiger partial charge in [0.15, 0.2) is 0 Å². The van der Waals surface area contributed by atoms with E-state index < -0.39 is 0 Å². The van der Waals surface area contributed by atoms with E-state index in [1.165, 1.54) is 25.7 Å². The molecule has 0 unspecified atom stereocenters. The van der Waals surface area contributed by atoms with Gasteiger partial charge >= 0.3 is 0 Å². The summed E-state index contributed by atoms with van der Waals surface area (Å²) in [7, 11) is 0. The number of benzene rings is 1. The SMILES string of the molecule is CCN(c1ccc(CBr)cc1C#N)C1CCCC1. The second kappa shape index (κ2) is 6.24. The van der Waals surface area contributed by atoms with Crippen molar-refractivity contribution < 1.29 is 0 Å². The van der Waals surface area contributed by atoms with Crippen molar-refractivity contribution in [2.45, 2.75) is 44.0 Å². The molecule has 1 saturated carbocycles. The zero-order valence-corrected chi connectivity index (χ0v) is 12.4. The second-order valence-corrected chi connectivity index (χ2v) is 5.38. The van der Waals surface area contributed by atoms with Crippen LogP contribution in [0.3, 0.4) is 0 Å². The van der Waals surface area contributed by atoms with Crippen molar-refractivity contribution in [3.05, 3.63) is 29.3 Å². The highest BCUT2D eigenvalue weighted by Gasteiger charge is 2.23. The van der Waals surface area contributed by atoms with Crippen LogP contribution in [-0.2, 0) is 5.33 Å². The van der Waals surface area contributed by atoms with Gasteiger partial charge in [-0.1, -0.05) is 34.8 Å². The van der Waals surface area contributed by atoms with Gasteiger partial charge in [0, 0.05) is 17.9 Å². The van der Waals surface area contributed by atoms with Crippen LogP contribution in [0.15, 0.2) is 18.2 Å². The predicted molar refractivity (Wildman–Crippen MR) is 79.1 cm³/mol. The Kier molecular flexibility index (Phi) is 4.66. The van der Waals surface area contributed by atoms with Gasteiger partial charge in [-0.2, -0.15) is 5.26 Å².